The summed E-state index contributed by atoms with van der Waals surface area (Å²) in [5, 5.41) is 0. The first-order chi connectivity index (χ1) is 13.9. The lowest BCUT2D eigenvalue weighted by atomic mass is 10.1. The summed E-state index contributed by atoms with van der Waals surface area (Å²) >= 11 is 4.27. The Bertz CT molecular complexity index is 1010. The standard InChI is InChI=1S/C21H17I2NO5/c1-3-4-18(25)28-19-15(23)9-12(11-17(19)27-2)10-16-21(26)29-20(24-16)13-5-7-14(22)8-6-13/h5-11H,3-4H2,1-2H3/b16-10-. The Morgan fingerprint density at radius 2 is 1.93 bits per heavy atom. The van der Waals surface area contributed by atoms with Gasteiger partial charge >= 0.3 is 11.9 Å². The lowest BCUT2D eigenvalue weighted by Crippen LogP contribution is -2.09. The number of ether oxygens (including phenoxy) is 3. The molecule has 0 spiro atoms. The van der Waals surface area contributed by atoms with Crippen LogP contribution in [-0.4, -0.2) is 24.9 Å². The third-order valence-electron chi connectivity index (χ3n) is 3.94. The van der Waals surface area contributed by atoms with Gasteiger partial charge in [-0.25, -0.2) is 9.79 Å². The van der Waals surface area contributed by atoms with E-state index in [-0.39, 0.29) is 17.6 Å². The first kappa shape index (κ1) is 21.8. The van der Waals surface area contributed by atoms with Gasteiger partial charge in [0.05, 0.1) is 10.7 Å². The number of rotatable bonds is 6. The maximum absolute atomic E-state index is 12.2. The molecular formula is C21H17I2NO5. The number of carbonyl (C=O) groups is 2. The van der Waals surface area contributed by atoms with Crippen molar-refractivity contribution in [2.75, 3.05) is 7.11 Å². The molecule has 0 aromatic heterocycles. The maximum Gasteiger partial charge on any atom is 0.363 e. The minimum Gasteiger partial charge on any atom is -0.493 e. The van der Waals surface area contributed by atoms with Crippen molar-refractivity contribution in [1.29, 1.82) is 0 Å². The predicted octanol–water partition coefficient (Wildman–Crippen LogP) is 4.95. The van der Waals surface area contributed by atoms with Gasteiger partial charge in [0.1, 0.15) is 0 Å². The van der Waals surface area contributed by atoms with Gasteiger partial charge in [-0.2, -0.15) is 0 Å². The number of halogens is 2. The summed E-state index contributed by atoms with van der Waals surface area (Å²) in [5.74, 6) is 0.198. The fourth-order valence-electron chi connectivity index (χ4n) is 2.57. The van der Waals surface area contributed by atoms with Gasteiger partial charge in [0, 0.05) is 15.6 Å². The van der Waals surface area contributed by atoms with E-state index in [1.54, 1.807) is 18.2 Å². The average molecular weight is 617 g/mol. The molecule has 0 N–H and O–H groups in total. The summed E-state index contributed by atoms with van der Waals surface area (Å²) in [4.78, 5) is 28.4. The van der Waals surface area contributed by atoms with Crippen LogP contribution in [-0.2, 0) is 14.3 Å². The lowest BCUT2D eigenvalue weighted by Gasteiger charge is -2.12. The highest BCUT2D eigenvalue weighted by atomic mass is 127. The summed E-state index contributed by atoms with van der Waals surface area (Å²) in [6.45, 7) is 1.91. The lowest BCUT2D eigenvalue weighted by molar-refractivity contribution is -0.134. The number of esters is 2. The fourth-order valence-corrected chi connectivity index (χ4v) is 3.67. The van der Waals surface area contributed by atoms with Crippen molar-refractivity contribution in [3.8, 4) is 11.5 Å². The molecular weight excluding hydrogens is 600 g/mol. The Kier molecular flexibility index (Phi) is 7.28. The van der Waals surface area contributed by atoms with Crippen LogP contribution in [0, 0.1) is 7.14 Å². The van der Waals surface area contributed by atoms with Crippen LogP contribution in [0.3, 0.4) is 0 Å². The highest BCUT2D eigenvalue weighted by molar-refractivity contribution is 14.1. The molecule has 0 unspecified atom stereocenters. The van der Waals surface area contributed by atoms with Gasteiger partial charge in [-0.15, -0.1) is 0 Å². The zero-order valence-electron chi connectivity index (χ0n) is 15.7. The van der Waals surface area contributed by atoms with E-state index >= 15 is 0 Å². The highest BCUT2D eigenvalue weighted by Crippen LogP contribution is 2.35. The molecule has 0 atom stereocenters. The highest BCUT2D eigenvalue weighted by Gasteiger charge is 2.24. The van der Waals surface area contributed by atoms with Crippen molar-refractivity contribution in [3.63, 3.8) is 0 Å². The quantitative estimate of drug-likeness (QED) is 0.199. The molecule has 1 heterocycles. The molecule has 0 bridgehead atoms. The Morgan fingerprint density at radius 1 is 1.21 bits per heavy atom. The van der Waals surface area contributed by atoms with E-state index in [1.807, 2.05) is 31.2 Å². The third kappa shape index (κ3) is 5.35. The van der Waals surface area contributed by atoms with Crippen LogP contribution in [0.15, 0.2) is 47.1 Å². The number of aliphatic imine (C=N–C) groups is 1. The van der Waals surface area contributed by atoms with E-state index in [0.717, 1.165) is 9.13 Å². The molecule has 0 amide bonds. The second kappa shape index (κ2) is 9.70. The fraction of sp³-hybridized carbons (Fsp3) is 0.190. The average Bonchev–Trinajstić information content (AvgIpc) is 3.04. The first-order valence-corrected chi connectivity index (χ1v) is 10.9. The molecule has 2 aromatic carbocycles. The largest absolute Gasteiger partial charge is 0.493 e. The Hall–Kier alpha value is -1.95. The molecule has 0 aliphatic carbocycles. The van der Waals surface area contributed by atoms with E-state index in [0.29, 0.717) is 33.5 Å². The molecule has 2 aromatic rings. The number of hydrogen-bond donors (Lipinski definition) is 0. The van der Waals surface area contributed by atoms with Crippen LogP contribution in [0.25, 0.3) is 6.08 Å². The molecule has 0 saturated heterocycles. The Labute approximate surface area is 195 Å². The van der Waals surface area contributed by atoms with E-state index < -0.39 is 5.97 Å². The van der Waals surface area contributed by atoms with Crippen molar-refractivity contribution in [3.05, 3.63) is 60.4 Å². The zero-order valence-corrected chi connectivity index (χ0v) is 20.0. The summed E-state index contributed by atoms with van der Waals surface area (Å²) in [6, 6.07) is 11.0. The van der Waals surface area contributed by atoms with Crippen molar-refractivity contribution in [2.45, 2.75) is 19.8 Å². The summed E-state index contributed by atoms with van der Waals surface area (Å²) in [6.07, 6.45) is 2.64. The first-order valence-electron chi connectivity index (χ1n) is 8.78. The minimum atomic E-state index is -0.522. The van der Waals surface area contributed by atoms with Crippen LogP contribution in [0.5, 0.6) is 11.5 Å². The van der Waals surface area contributed by atoms with Gasteiger partial charge in [-0.3, -0.25) is 4.79 Å². The van der Waals surface area contributed by atoms with Gasteiger partial charge in [-0.1, -0.05) is 6.92 Å². The van der Waals surface area contributed by atoms with Gasteiger partial charge in [-0.05, 0) is 99.6 Å². The van der Waals surface area contributed by atoms with Gasteiger partial charge in [0.2, 0.25) is 5.90 Å². The normalized spacial score (nSPS) is 14.6. The second-order valence-electron chi connectivity index (χ2n) is 6.10. The molecule has 0 saturated carbocycles. The van der Waals surface area contributed by atoms with E-state index in [2.05, 4.69) is 50.2 Å². The molecule has 8 heteroatoms. The molecule has 6 nitrogen and oxygen atoms in total. The van der Waals surface area contributed by atoms with E-state index in [4.69, 9.17) is 14.2 Å². The Morgan fingerprint density at radius 3 is 2.59 bits per heavy atom. The van der Waals surface area contributed by atoms with Crippen LogP contribution in [0.4, 0.5) is 0 Å². The molecule has 1 aliphatic heterocycles. The predicted molar refractivity (Wildman–Crippen MR) is 126 cm³/mol. The van der Waals surface area contributed by atoms with E-state index in [9.17, 15) is 9.59 Å². The van der Waals surface area contributed by atoms with E-state index in [1.165, 1.54) is 7.11 Å². The minimum absolute atomic E-state index is 0.187. The number of cyclic esters (lactones) is 1. The topological polar surface area (TPSA) is 74.2 Å². The number of benzene rings is 2. The molecule has 0 radical (unpaired) electrons. The number of nitrogens with zero attached hydrogens (tertiary/aromatic N) is 1. The second-order valence-corrected chi connectivity index (χ2v) is 8.51. The maximum atomic E-state index is 12.2. The summed E-state index contributed by atoms with van der Waals surface area (Å²) in [7, 11) is 1.50. The van der Waals surface area contributed by atoms with Crippen LogP contribution in [0.2, 0.25) is 0 Å². The van der Waals surface area contributed by atoms with Crippen molar-refractivity contribution in [1.82, 2.24) is 0 Å². The van der Waals surface area contributed by atoms with Crippen LogP contribution < -0.4 is 9.47 Å². The third-order valence-corrected chi connectivity index (χ3v) is 5.46. The zero-order chi connectivity index (χ0) is 21.0. The Balaban J connectivity index is 1.91. The summed E-state index contributed by atoms with van der Waals surface area (Å²) < 4.78 is 17.9. The van der Waals surface area contributed by atoms with Crippen molar-refractivity contribution < 1.29 is 23.8 Å². The van der Waals surface area contributed by atoms with Gasteiger partial charge in [0.15, 0.2) is 17.2 Å². The van der Waals surface area contributed by atoms with Gasteiger partial charge < -0.3 is 14.2 Å². The molecule has 1 aliphatic rings. The van der Waals surface area contributed by atoms with Crippen molar-refractivity contribution >= 4 is 69.1 Å². The van der Waals surface area contributed by atoms with Crippen molar-refractivity contribution in [2.24, 2.45) is 4.99 Å². The monoisotopic (exact) mass is 617 g/mol. The van der Waals surface area contributed by atoms with Crippen LogP contribution >= 0.6 is 45.2 Å². The number of hydrogen-bond acceptors (Lipinski definition) is 6. The SMILES string of the molecule is CCCC(=O)Oc1c(I)cc(/C=C2\N=C(c3ccc(I)cc3)OC2=O)cc1OC. The van der Waals surface area contributed by atoms with Gasteiger partial charge in [0.25, 0.3) is 0 Å². The molecule has 0 fully saturated rings. The number of carbonyl (C=O) groups excluding carboxylic acids is 2. The molecule has 3 rings (SSSR count). The summed E-state index contributed by atoms with van der Waals surface area (Å²) in [5.41, 5.74) is 1.60. The number of methoxy groups -OCH3 is 1. The smallest absolute Gasteiger partial charge is 0.363 e. The van der Waals surface area contributed by atoms with Crippen LogP contribution in [0.1, 0.15) is 30.9 Å². The molecule has 29 heavy (non-hydrogen) atoms. The molecule has 150 valence electrons.